The van der Waals surface area contributed by atoms with Gasteiger partial charge in [0, 0.05) is 18.5 Å². The second-order valence-corrected chi connectivity index (χ2v) is 6.89. The van der Waals surface area contributed by atoms with E-state index in [0.29, 0.717) is 18.5 Å². The highest BCUT2D eigenvalue weighted by molar-refractivity contribution is 5.70. The van der Waals surface area contributed by atoms with E-state index in [1.807, 2.05) is 52.0 Å². The minimum absolute atomic E-state index is 0.184. The zero-order chi connectivity index (χ0) is 15.7. The van der Waals surface area contributed by atoms with Gasteiger partial charge in [-0.05, 0) is 51.8 Å². The van der Waals surface area contributed by atoms with Gasteiger partial charge in [-0.3, -0.25) is 4.79 Å². The van der Waals surface area contributed by atoms with Crippen molar-refractivity contribution in [2.45, 2.75) is 64.3 Å². The molecule has 21 heavy (non-hydrogen) atoms. The summed E-state index contributed by atoms with van der Waals surface area (Å²) in [6.07, 6.45) is 1.53. The van der Waals surface area contributed by atoms with Gasteiger partial charge in [-0.25, -0.2) is 0 Å². The van der Waals surface area contributed by atoms with E-state index in [2.05, 4.69) is 0 Å². The molecular weight excluding hydrogens is 266 g/mol. The second-order valence-electron chi connectivity index (χ2n) is 6.89. The fourth-order valence-electron chi connectivity index (χ4n) is 2.91. The van der Waals surface area contributed by atoms with Crippen molar-refractivity contribution >= 4 is 11.7 Å². The van der Waals surface area contributed by atoms with Crippen LogP contribution in [0.2, 0.25) is 0 Å². The van der Waals surface area contributed by atoms with E-state index < -0.39 is 5.60 Å². The van der Waals surface area contributed by atoms with Crippen LogP contribution in [-0.4, -0.2) is 23.3 Å². The minimum Gasteiger partial charge on any atom is -0.459 e. The maximum atomic E-state index is 12.0. The number of carbonyl (C=O) groups is 1. The third-order valence-electron chi connectivity index (χ3n) is 3.83. The van der Waals surface area contributed by atoms with Gasteiger partial charge in [-0.1, -0.05) is 12.1 Å². The summed E-state index contributed by atoms with van der Waals surface area (Å²) in [5.41, 5.74) is 6.81. The number of nitrogen functional groups attached to an aromatic ring is 1. The molecule has 0 spiro atoms. The first-order valence-corrected chi connectivity index (χ1v) is 7.42. The van der Waals surface area contributed by atoms with Crippen LogP contribution in [0, 0.1) is 0 Å². The summed E-state index contributed by atoms with van der Waals surface area (Å²) in [4.78, 5) is 12.0. The lowest BCUT2D eigenvalue weighted by Gasteiger charge is -2.26. The molecule has 1 aromatic carbocycles. The summed E-state index contributed by atoms with van der Waals surface area (Å²) < 4.78 is 11.6. The van der Waals surface area contributed by atoms with Crippen LogP contribution < -0.4 is 5.73 Å². The van der Waals surface area contributed by atoms with E-state index >= 15 is 0 Å². The number of hydrogen-bond acceptors (Lipinski definition) is 4. The van der Waals surface area contributed by atoms with Crippen LogP contribution in [0.3, 0.4) is 0 Å². The van der Waals surface area contributed by atoms with Gasteiger partial charge < -0.3 is 15.2 Å². The Labute approximate surface area is 126 Å². The normalized spacial score (nSPS) is 23.0. The van der Waals surface area contributed by atoms with Crippen LogP contribution in [0.15, 0.2) is 24.3 Å². The lowest BCUT2D eigenvalue weighted by molar-refractivity contribution is -0.158. The largest absolute Gasteiger partial charge is 0.459 e. The van der Waals surface area contributed by atoms with Gasteiger partial charge in [0.2, 0.25) is 0 Å². The monoisotopic (exact) mass is 291 g/mol. The second kappa shape index (κ2) is 5.68. The van der Waals surface area contributed by atoms with E-state index in [1.54, 1.807) is 0 Å². The Morgan fingerprint density at radius 1 is 1.38 bits per heavy atom. The van der Waals surface area contributed by atoms with Crippen molar-refractivity contribution in [3.63, 3.8) is 0 Å². The van der Waals surface area contributed by atoms with E-state index in [9.17, 15) is 4.79 Å². The predicted molar refractivity (Wildman–Crippen MR) is 82.9 cm³/mol. The number of anilines is 1. The third kappa shape index (κ3) is 4.21. The van der Waals surface area contributed by atoms with Crippen molar-refractivity contribution in [2.24, 2.45) is 0 Å². The van der Waals surface area contributed by atoms with Crippen LogP contribution in [0.4, 0.5) is 5.69 Å². The van der Waals surface area contributed by atoms with Gasteiger partial charge in [-0.2, -0.15) is 0 Å². The van der Waals surface area contributed by atoms with Crippen molar-refractivity contribution in [2.75, 3.05) is 5.73 Å². The summed E-state index contributed by atoms with van der Waals surface area (Å²) in [5.74, 6) is -0.184. The van der Waals surface area contributed by atoms with Gasteiger partial charge in [0.15, 0.2) is 0 Å². The lowest BCUT2D eigenvalue weighted by atomic mass is 9.97. The first-order valence-electron chi connectivity index (χ1n) is 7.42. The summed E-state index contributed by atoms with van der Waals surface area (Å²) in [6, 6.07) is 7.59. The van der Waals surface area contributed by atoms with Gasteiger partial charge in [0.25, 0.3) is 0 Å². The Balaban J connectivity index is 1.88. The first-order chi connectivity index (χ1) is 9.68. The number of rotatable bonds is 4. The van der Waals surface area contributed by atoms with Crippen LogP contribution in [0.25, 0.3) is 0 Å². The van der Waals surface area contributed by atoms with Crippen molar-refractivity contribution in [3.05, 3.63) is 29.8 Å². The Morgan fingerprint density at radius 3 is 2.67 bits per heavy atom. The minimum atomic E-state index is -0.434. The van der Waals surface area contributed by atoms with Crippen molar-refractivity contribution in [1.82, 2.24) is 0 Å². The molecular formula is C17H25NO3. The molecule has 0 amide bonds. The lowest BCUT2D eigenvalue weighted by Crippen LogP contribution is -2.36. The maximum Gasteiger partial charge on any atom is 0.306 e. The molecule has 1 aliphatic rings. The number of carbonyl (C=O) groups excluding carboxylic acids is 1. The average molecular weight is 291 g/mol. The standard InChI is InChI=1S/C17H25NO3/c1-16(2)11-14(17(3,4)21-16)20-15(19)9-8-12-6-5-7-13(18)10-12/h5-7,10,14H,8-9,11,18H2,1-4H3. The Bertz CT molecular complexity index is 523. The SMILES string of the molecule is CC1(C)CC(OC(=O)CCc2cccc(N)c2)C(C)(C)O1. The molecule has 4 nitrogen and oxygen atoms in total. The van der Waals surface area contributed by atoms with Crippen molar-refractivity contribution < 1.29 is 14.3 Å². The fourth-order valence-corrected chi connectivity index (χ4v) is 2.91. The summed E-state index contributed by atoms with van der Waals surface area (Å²) in [6.45, 7) is 7.99. The van der Waals surface area contributed by atoms with Crippen LogP contribution >= 0.6 is 0 Å². The molecule has 1 aromatic rings. The van der Waals surface area contributed by atoms with Gasteiger partial charge in [0.05, 0.1) is 5.60 Å². The maximum absolute atomic E-state index is 12.0. The number of ether oxygens (including phenoxy) is 2. The van der Waals surface area contributed by atoms with E-state index in [-0.39, 0.29) is 17.7 Å². The van der Waals surface area contributed by atoms with Gasteiger partial charge in [0.1, 0.15) is 11.7 Å². The van der Waals surface area contributed by atoms with E-state index in [4.69, 9.17) is 15.2 Å². The highest BCUT2D eigenvalue weighted by atomic mass is 16.6. The highest BCUT2D eigenvalue weighted by Crippen LogP contribution is 2.39. The summed E-state index contributed by atoms with van der Waals surface area (Å²) in [5, 5.41) is 0. The van der Waals surface area contributed by atoms with E-state index in [0.717, 1.165) is 12.0 Å². The molecule has 0 saturated carbocycles. The topological polar surface area (TPSA) is 61.5 Å². The average Bonchev–Trinajstić information content (AvgIpc) is 2.54. The number of esters is 1. The molecule has 4 heteroatoms. The Morgan fingerprint density at radius 2 is 2.10 bits per heavy atom. The molecule has 0 radical (unpaired) electrons. The quantitative estimate of drug-likeness (QED) is 0.684. The highest BCUT2D eigenvalue weighted by Gasteiger charge is 2.48. The van der Waals surface area contributed by atoms with Gasteiger partial charge in [-0.15, -0.1) is 0 Å². The molecule has 0 bridgehead atoms. The molecule has 0 aliphatic carbocycles. The zero-order valence-corrected chi connectivity index (χ0v) is 13.3. The molecule has 2 rings (SSSR count). The molecule has 2 N–H and O–H groups in total. The van der Waals surface area contributed by atoms with Crippen molar-refractivity contribution in [1.29, 1.82) is 0 Å². The molecule has 1 fully saturated rings. The smallest absolute Gasteiger partial charge is 0.306 e. The van der Waals surface area contributed by atoms with E-state index in [1.165, 1.54) is 0 Å². The predicted octanol–water partition coefficient (Wildman–Crippen LogP) is 3.09. The first kappa shape index (κ1) is 15.8. The Hall–Kier alpha value is -1.55. The molecule has 116 valence electrons. The molecule has 0 aromatic heterocycles. The molecule has 1 heterocycles. The number of nitrogens with two attached hydrogens (primary N) is 1. The molecule has 1 aliphatic heterocycles. The van der Waals surface area contributed by atoms with Crippen LogP contribution in [0.5, 0.6) is 0 Å². The molecule has 1 unspecified atom stereocenters. The molecule has 1 saturated heterocycles. The number of hydrogen-bond donors (Lipinski definition) is 1. The van der Waals surface area contributed by atoms with Crippen LogP contribution in [-0.2, 0) is 20.7 Å². The number of aryl methyl sites for hydroxylation is 1. The molecule has 1 atom stereocenters. The van der Waals surface area contributed by atoms with Crippen molar-refractivity contribution in [3.8, 4) is 0 Å². The summed E-state index contributed by atoms with van der Waals surface area (Å²) >= 11 is 0. The van der Waals surface area contributed by atoms with Crippen LogP contribution in [0.1, 0.15) is 46.1 Å². The fraction of sp³-hybridized carbons (Fsp3) is 0.588. The number of benzene rings is 1. The summed E-state index contributed by atoms with van der Waals surface area (Å²) in [7, 11) is 0. The third-order valence-corrected chi connectivity index (χ3v) is 3.83. The van der Waals surface area contributed by atoms with Gasteiger partial charge >= 0.3 is 5.97 Å². The zero-order valence-electron chi connectivity index (χ0n) is 13.3. The Kier molecular flexibility index (Phi) is 4.28.